The van der Waals surface area contributed by atoms with E-state index in [1.54, 1.807) is 0 Å². The summed E-state index contributed by atoms with van der Waals surface area (Å²) in [6.45, 7) is 10.6. The fourth-order valence-corrected chi connectivity index (χ4v) is 2.35. The van der Waals surface area contributed by atoms with E-state index in [-0.39, 0.29) is 6.10 Å². The normalized spacial score (nSPS) is 20.7. The Balaban J connectivity index is 2.18. The third kappa shape index (κ3) is 3.49. The molecule has 2 heterocycles. The minimum Gasteiger partial charge on any atom is -0.368 e. The molecule has 0 amide bonds. The van der Waals surface area contributed by atoms with E-state index in [0.717, 1.165) is 50.0 Å². The summed E-state index contributed by atoms with van der Waals surface area (Å²) in [5.74, 6) is 0.821. The van der Waals surface area contributed by atoms with Crippen LogP contribution < -0.4 is 5.32 Å². The Kier molecular flexibility index (Phi) is 4.85. The van der Waals surface area contributed by atoms with Crippen LogP contribution >= 0.6 is 0 Å². The third-order valence-electron chi connectivity index (χ3n) is 3.55. The van der Waals surface area contributed by atoms with Crippen molar-refractivity contribution in [2.24, 2.45) is 0 Å². The SMILES string of the molecule is CCNCc1c(C)nc(C2CN(C)CCO2)nc1C. The Bertz CT molecular complexity index is 412. The second kappa shape index (κ2) is 6.41. The highest BCUT2D eigenvalue weighted by Gasteiger charge is 2.23. The number of nitrogens with zero attached hydrogens (tertiary/aromatic N) is 3. The van der Waals surface area contributed by atoms with E-state index >= 15 is 0 Å². The average molecular weight is 264 g/mol. The van der Waals surface area contributed by atoms with Crippen molar-refractivity contribution in [1.82, 2.24) is 20.2 Å². The van der Waals surface area contributed by atoms with Gasteiger partial charge in [0.25, 0.3) is 0 Å². The Morgan fingerprint density at radius 1 is 1.32 bits per heavy atom. The zero-order valence-corrected chi connectivity index (χ0v) is 12.4. The van der Waals surface area contributed by atoms with Gasteiger partial charge in [-0.2, -0.15) is 0 Å². The number of hydrogen-bond acceptors (Lipinski definition) is 5. The van der Waals surface area contributed by atoms with Gasteiger partial charge in [0.05, 0.1) is 6.61 Å². The lowest BCUT2D eigenvalue weighted by Crippen LogP contribution is -2.36. The maximum Gasteiger partial charge on any atom is 0.158 e. The Morgan fingerprint density at radius 2 is 2.00 bits per heavy atom. The molecule has 1 unspecified atom stereocenters. The van der Waals surface area contributed by atoms with Gasteiger partial charge in [-0.1, -0.05) is 6.92 Å². The summed E-state index contributed by atoms with van der Waals surface area (Å²) in [6.07, 6.45) is 0.00401. The molecule has 1 fully saturated rings. The predicted molar refractivity (Wildman–Crippen MR) is 75.1 cm³/mol. The lowest BCUT2D eigenvalue weighted by molar-refractivity contribution is -0.0256. The van der Waals surface area contributed by atoms with Crippen molar-refractivity contribution in [2.75, 3.05) is 33.3 Å². The van der Waals surface area contributed by atoms with Crippen LogP contribution in [-0.2, 0) is 11.3 Å². The molecule has 0 aromatic carbocycles. The van der Waals surface area contributed by atoms with E-state index in [4.69, 9.17) is 4.74 Å². The third-order valence-corrected chi connectivity index (χ3v) is 3.55. The van der Waals surface area contributed by atoms with Crippen LogP contribution in [0.1, 0.15) is 35.8 Å². The van der Waals surface area contributed by atoms with Crippen LogP contribution in [0.2, 0.25) is 0 Å². The molecule has 0 bridgehead atoms. The summed E-state index contributed by atoms with van der Waals surface area (Å²) < 4.78 is 5.78. The van der Waals surface area contributed by atoms with Gasteiger partial charge < -0.3 is 15.0 Å². The number of ether oxygens (including phenoxy) is 1. The van der Waals surface area contributed by atoms with E-state index in [1.807, 2.05) is 0 Å². The summed E-state index contributed by atoms with van der Waals surface area (Å²) in [5, 5.41) is 3.33. The molecular formula is C14H24N4O. The van der Waals surface area contributed by atoms with E-state index in [0.29, 0.717) is 0 Å². The second-order valence-corrected chi connectivity index (χ2v) is 5.13. The van der Waals surface area contributed by atoms with E-state index in [2.05, 4.69) is 48.0 Å². The molecule has 5 heteroatoms. The van der Waals surface area contributed by atoms with E-state index < -0.39 is 0 Å². The number of aromatic nitrogens is 2. The number of morpholine rings is 1. The summed E-state index contributed by atoms with van der Waals surface area (Å²) in [7, 11) is 2.11. The van der Waals surface area contributed by atoms with E-state index in [9.17, 15) is 0 Å². The topological polar surface area (TPSA) is 50.3 Å². The maximum absolute atomic E-state index is 5.78. The number of aryl methyl sites for hydroxylation is 2. The molecule has 1 aliphatic heterocycles. The van der Waals surface area contributed by atoms with Gasteiger partial charge in [0, 0.05) is 36.6 Å². The van der Waals surface area contributed by atoms with Gasteiger partial charge in [0.1, 0.15) is 6.10 Å². The first-order chi connectivity index (χ1) is 9.11. The quantitative estimate of drug-likeness (QED) is 0.886. The minimum atomic E-state index is 0.00401. The molecule has 106 valence electrons. The molecule has 1 N–H and O–H groups in total. The standard InChI is InChI=1S/C14H24N4O/c1-5-15-8-12-10(2)16-14(17-11(12)3)13-9-18(4)6-7-19-13/h13,15H,5-9H2,1-4H3. The molecule has 0 aliphatic carbocycles. The van der Waals surface area contributed by atoms with Crippen molar-refractivity contribution in [3.8, 4) is 0 Å². The molecule has 1 aromatic heterocycles. The van der Waals surface area contributed by atoms with Crippen LogP contribution in [0.3, 0.4) is 0 Å². The molecule has 0 spiro atoms. The highest BCUT2D eigenvalue weighted by Crippen LogP contribution is 2.20. The Hall–Kier alpha value is -1.04. The highest BCUT2D eigenvalue weighted by molar-refractivity contribution is 5.24. The lowest BCUT2D eigenvalue weighted by atomic mass is 10.1. The lowest BCUT2D eigenvalue weighted by Gasteiger charge is -2.29. The van der Waals surface area contributed by atoms with Crippen LogP contribution in [0.4, 0.5) is 0 Å². The first-order valence-electron chi connectivity index (χ1n) is 6.96. The molecule has 0 radical (unpaired) electrons. The number of nitrogens with one attached hydrogen (secondary N) is 1. The number of likely N-dealkylation sites (N-methyl/N-ethyl adjacent to an activating group) is 1. The van der Waals surface area contributed by atoms with Crippen molar-refractivity contribution >= 4 is 0 Å². The number of hydrogen-bond donors (Lipinski definition) is 1. The average Bonchev–Trinajstić information content (AvgIpc) is 2.37. The molecule has 1 atom stereocenters. The van der Waals surface area contributed by atoms with Gasteiger partial charge in [-0.05, 0) is 27.4 Å². The van der Waals surface area contributed by atoms with Crippen molar-refractivity contribution < 1.29 is 4.74 Å². The molecular weight excluding hydrogens is 240 g/mol. The summed E-state index contributed by atoms with van der Waals surface area (Å²) >= 11 is 0. The zero-order valence-electron chi connectivity index (χ0n) is 12.4. The first-order valence-corrected chi connectivity index (χ1v) is 6.96. The van der Waals surface area contributed by atoms with Gasteiger partial charge in [0.2, 0.25) is 0 Å². The van der Waals surface area contributed by atoms with Crippen molar-refractivity contribution in [3.05, 3.63) is 22.8 Å². The molecule has 1 aromatic rings. The van der Waals surface area contributed by atoms with Gasteiger partial charge in [-0.25, -0.2) is 9.97 Å². The van der Waals surface area contributed by atoms with Gasteiger partial charge in [0.15, 0.2) is 5.82 Å². The molecule has 0 saturated carbocycles. The van der Waals surface area contributed by atoms with Crippen molar-refractivity contribution in [1.29, 1.82) is 0 Å². The van der Waals surface area contributed by atoms with Gasteiger partial charge in [-0.15, -0.1) is 0 Å². The molecule has 1 aliphatic rings. The highest BCUT2D eigenvalue weighted by atomic mass is 16.5. The smallest absolute Gasteiger partial charge is 0.158 e. The van der Waals surface area contributed by atoms with Crippen LogP contribution in [-0.4, -0.2) is 48.2 Å². The maximum atomic E-state index is 5.78. The largest absolute Gasteiger partial charge is 0.368 e. The second-order valence-electron chi connectivity index (χ2n) is 5.13. The van der Waals surface area contributed by atoms with Crippen LogP contribution in [0, 0.1) is 13.8 Å². The van der Waals surface area contributed by atoms with Gasteiger partial charge in [-0.3, -0.25) is 0 Å². The van der Waals surface area contributed by atoms with Crippen molar-refractivity contribution in [3.63, 3.8) is 0 Å². The number of rotatable bonds is 4. The zero-order chi connectivity index (χ0) is 13.8. The monoisotopic (exact) mass is 264 g/mol. The van der Waals surface area contributed by atoms with Crippen LogP contribution in [0.25, 0.3) is 0 Å². The predicted octanol–water partition coefficient (Wildman–Crippen LogP) is 1.21. The fraction of sp³-hybridized carbons (Fsp3) is 0.714. The molecule has 5 nitrogen and oxygen atoms in total. The molecule has 1 saturated heterocycles. The van der Waals surface area contributed by atoms with Gasteiger partial charge >= 0.3 is 0 Å². The molecule has 19 heavy (non-hydrogen) atoms. The Morgan fingerprint density at radius 3 is 2.58 bits per heavy atom. The van der Waals surface area contributed by atoms with Crippen molar-refractivity contribution in [2.45, 2.75) is 33.4 Å². The fourth-order valence-electron chi connectivity index (χ4n) is 2.35. The summed E-state index contributed by atoms with van der Waals surface area (Å²) in [5.41, 5.74) is 3.32. The summed E-state index contributed by atoms with van der Waals surface area (Å²) in [6, 6.07) is 0. The molecule has 2 rings (SSSR count). The minimum absolute atomic E-state index is 0.00401. The Labute approximate surface area is 115 Å². The van der Waals surface area contributed by atoms with Crippen LogP contribution in [0.5, 0.6) is 0 Å². The van der Waals surface area contributed by atoms with Crippen LogP contribution in [0.15, 0.2) is 0 Å². The van der Waals surface area contributed by atoms with E-state index in [1.165, 1.54) is 5.56 Å². The first kappa shape index (κ1) is 14.4. The summed E-state index contributed by atoms with van der Waals surface area (Å²) in [4.78, 5) is 11.5.